The largest absolute Gasteiger partial charge is 0.489 e. The van der Waals surface area contributed by atoms with E-state index in [1.807, 2.05) is 27.8 Å². The van der Waals surface area contributed by atoms with Crippen molar-refractivity contribution >= 4 is 16.9 Å². The van der Waals surface area contributed by atoms with Crippen LogP contribution in [0.4, 0.5) is 0 Å². The molecule has 1 amide bonds. The monoisotopic (exact) mass is 407 g/mol. The molecule has 8 heteroatoms. The third-order valence-corrected chi connectivity index (χ3v) is 5.95. The van der Waals surface area contributed by atoms with Crippen molar-refractivity contribution in [3.8, 4) is 11.4 Å². The third-order valence-electron chi connectivity index (χ3n) is 5.95. The maximum Gasteiger partial charge on any atom is 0.225 e. The molecule has 0 atom stereocenters. The number of likely N-dealkylation sites (tertiary alicyclic amines) is 1. The molecule has 0 radical (unpaired) electrons. The number of aromatic nitrogens is 4. The number of nitrogens with zero attached hydrogens (tertiary/aromatic N) is 5. The summed E-state index contributed by atoms with van der Waals surface area (Å²) in [4.78, 5) is 27.4. The maximum atomic E-state index is 12.7. The van der Waals surface area contributed by atoms with E-state index in [1.54, 1.807) is 18.6 Å². The molecule has 2 aliphatic rings. The molecule has 0 aliphatic carbocycles. The zero-order valence-corrected chi connectivity index (χ0v) is 16.8. The molecular weight excluding hydrogens is 382 g/mol. The fraction of sp³-hybridized carbons (Fsp3) is 0.455. The highest BCUT2D eigenvalue weighted by atomic mass is 16.5. The maximum absolute atomic E-state index is 12.7. The second kappa shape index (κ2) is 8.39. The Bertz CT molecular complexity index is 1010. The number of piperidine rings is 1. The van der Waals surface area contributed by atoms with E-state index >= 15 is 0 Å². The number of hydrogen-bond donors (Lipinski definition) is 0. The predicted octanol–water partition coefficient (Wildman–Crippen LogP) is 2.61. The Morgan fingerprint density at radius 1 is 1.07 bits per heavy atom. The van der Waals surface area contributed by atoms with Crippen LogP contribution in [0.2, 0.25) is 0 Å². The Balaban J connectivity index is 1.21. The molecule has 0 spiro atoms. The summed E-state index contributed by atoms with van der Waals surface area (Å²) in [5.41, 5.74) is 1.71. The average molecular weight is 407 g/mol. The van der Waals surface area contributed by atoms with E-state index < -0.39 is 0 Å². The zero-order valence-electron chi connectivity index (χ0n) is 16.8. The smallest absolute Gasteiger partial charge is 0.225 e. The lowest BCUT2D eigenvalue weighted by molar-refractivity contribution is -0.140. The van der Waals surface area contributed by atoms with Crippen LogP contribution in [0, 0.1) is 5.92 Å². The molecule has 2 fully saturated rings. The highest BCUT2D eigenvalue weighted by Gasteiger charge is 2.30. The van der Waals surface area contributed by atoms with E-state index in [1.165, 1.54) is 6.33 Å². The fourth-order valence-electron chi connectivity index (χ4n) is 4.28. The molecule has 0 aromatic carbocycles. The second-order valence-electron chi connectivity index (χ2n) is 7.90. The van der Waals surface area contributed by atoms with Gasteiger partial charge in [-0.3, -0.25) is 9.36 Å². The van der Waals surface area contributed by atoms with Crippen LogP contribution in [0.3, 0.4) is 0 Å². The van der Waals surface area contributed by atoms with E-state index in [9.17, 15) is 4.79 Å². The standard InChI is InChI=1S/C22H25N5O3/c28-22(16-4-9-29-10-5-16)26-6-2-19(3-7-26)30-20-11-17-1-8-27(21(17)25-14-20)18-12-23-15-24-13-18/h1,8,11-16,19H,2-7,9-10H2. The number of ether oxygens (including phenoxy) is 2. The summed E-state index contributed by atoms with van der Waals surface area (Å²) in [6, 6.07) is 4.03. The van der Waals surface area contributed by atoms with E-state index in [-0.39, 0.29) is 17.9 Å². The molecule has 0 saturated carbocycles. The van der Waals surface area contributed by atoms with Crippen LogP contribution in [0.25, 0.3) is 16.7 Å². The molecule has 0 unspecified atom stereocenters. The summed E-state index contributed by atoms with van der Waals surface area (Å²) in [5, 5.41) is 1.00. The third kappa shape index (κ3) is 3.87. The van der Waals surface area contributed by atoms with Gasteiger partial charge in [0.25, 0.3) is 0 Å². The Labute approximate surface area is 174 Å². The highest BCUT2D eigenvalue weighted by molar-refractivity contribution is 5.79. The molecule has 8 nitrogen and oxygen atoms in total. The lowest BCUT2D eigenvalue weighted by atomic mass is 9.97. The molecule has 0 bridgehead atoms. The Morgan fingerprint density at radius 2 is 1.83 bits per heavy atom. The van der Waals surface area contributed by atoms with Crippen molar-refractivity contribution in [1.82, 2.24) is 24.4 Å². The first-order valence-corrected chi connectivity index (χ1v) is 10.5. The van der Waals surface area contributed by atoms with Crippen LogP contribution < -0.4 is 4.74 Å². The van der Waals surface area contributed by atoms with Gasteiger partial charge in [-0.15, -0.1) is 0 Å². The van der Waals surface area contributed by atoms with Crippen molar-refractivity contribution in [2.24, 2.45) is 5.92 Å². The van der Waals surface area contributed by atoms with Crippen molar-refractivity contribution in [3.63, 3.8) is 0 Å². The minimum atomic E-state index is 0.104. The number of rotatable bonds is 4. The summed E-state index contributed by atoms with van der Waals surface area (Å²) in [6.07, 6.45) is 12.2. The van der Waals surface area contributed by atoms with Gasteiger partial charge in [-0.1, -0.05) is 0 Å². The first-order chi connectivity index (χ1) is 14.8. The summed E-state index contributed by atoms with van der Waals surface area (Å²) in [7, 11) is 0. The van der Waals surface area contributed by atoms with Gasteiger partial charge in [0.15, 0.2) is 0 Å². The Kier molecular flexibility index (Phi) is 5.31. The number of fused-ring (bicyclic) bond motifs is 1. The molecule has 5 rings (SSSR count). The Morgan fingerprint density at radius 3 is 2.60 bits per heavy atom. The van der Waals surface area contributed by atoms with Crippen LogP contribution >= 0.6 is 0 Å². The fourth-order valence-corrected chi connectivity index (χ4v) is 4.28. The minimum Gasteiger partial charge on any atom is -0.489 e. The van der Waals surface area contributed by atoms with Gasteiger partial charge in [0.1, 0.15) is 23.8 Å². The topological polar surface area (TPSA) is 82.4 Å². The van der Waals surface area contributed by atoms with Crippen molar-refractivity contribution < 1.29 is 14.3 Å². The number of pyridine rings is 1. The van der Waals surface area contributed by atoms with Gasteiger partial charge in [-0.2, -0.15) is 0 Å². The van der Waals surface area contributed by atoms with E-state index in [4.69, 9.17) is 9.47 Å². The molecule has 2 saturated heterocycles. The van der Waals surface area contributed by atoms with Crippen molar-refractivity contribution in [2.75, 3.05) is 26.3 Å². The van der Waals surface area contributed by atoms with Gasteiger partial charge in [-0.05, 0) is 25.0 Å². The van der Waals surface area contributed by atoms with Gasteiger partial charge in [-0.25, -0.2) is 15.0 Å². The van der Waals surface area contributed by atoms with Gasteiger partial charge >= 0.3 is 0 Å². The van der Waals surface area contributed by atoms with Gasteiger partial charge < -0.3 is 14.4 Å². The zero-order chi connectivity index (χ0) is 20.3. The SMILES string of the molecule is O=C(C1CCOCC1)N1CCC(Oc2cnc3c(ccn3-c3cncnc3)c2)CC1. The summed E-state index contributed by atoms with van der Waals surface area (Å²) >= 11 is 0. The van der Waals surface area contributed by atoms with E-state index in [0.29, 0.717) is 13.2 Å². The second-order valence-corrected chi connectivity index (χ2v) is 7.90. The molecule has 156 valence electrons. The van der Waals surface area contributed by atoms with Crippen LogP contribution in [0.5, 0.6) is 5.75 Å². The number of hydrogen-bond acceptors (Lipinski definition) is 6. The molecular formula is C22H25N5O3. The van der Waals surface area contributed by atoms with Crippen molar-refractivity contribution in [1.29, 1.82) is 0 Å². The van der Waals surface area contributed by atoms with Crippen LogP contribution in [0.15, 0.2) is 43.2 Å². The highest BCUT2D eigenvalue weighted by Crippen LogP contribution is 2.26. The molecule has 3 aromatic heterocycles. The lowest BCUT2D eigenvalue weighted by Gasteiger charge is -2.35. The van der Waals surface area contributed by atoms with Gasteiger partial charge in [0, 0.05) is 56.6 Å². The van der Waals surface area contributed by atoms with Gasteiger partial charge in [0.05, 0.1) is 24.3 Å². The first kappa shape index (κ1) is 19.0. The minimum absolute atomic E-state index is 0.104. The molecule has 0 N–H and O–H groups in total. The van der Waals surface area contributed by atoms with Crippen LogP contribution in [0.1, 0.15) is 25.7 Å². The van der Waals surface area contributed by atoms with E-state index in [0.717, 1.165) is 61.2 Å². The average Bonchev–Trinajstić information content (AvgIpc) is 3.23. The van der Waals surface area contributed by atoms with Crippen LogP contribution in [-0.4, -0.2) is 62.7 Å². The van der Waals surface area contributed by atoms with Crippen LogP contribution in [-0.2, 0) is 9.53 Å². The molecule has 2 aliphatic heterocycles. The summed E-state index contributed by atoms with van der Waals surface area (Å²) < 4.78 is 13.5. The molecule has 30 heavy (non-hydrogen) atoms. The number of carbonyl (C=O) groups excluding carboxylic acids is 1. The normalized spacial score (nSPS) is 18.6. The predicted molar refractivity (Wildman–Crippen MR) is 110 cm³/mol. The lowest BCUT2D eigenvalue weighted by Crippen LogP contribution is -2.45. The molecule has 3 aromatic rings. The van der Waals surface area contributed by atoms with Crippen molar-refractivity contribution in [3.05, 3.63) is 43.2 Å². The van der Waals surface area contributed by atoms with Gasteiger partial charge in [0.2, 0.25) is 5.91 Å². The summed E-state index contributed by atoms with van der Waals surface area (Å²) in [5.74, 6) is 1.17. The first-order valence-electron chi connectivity index (χ1n) is 10.5. The number of carbonyl (C=O) groups is 1. The molecule has 5 heterocycles. The Hall–Kier alpha value is -3.00. The van der Waals surface area contributed by atoms with Crippen molar-refractivity contribution in [2.45, 2.75) is 31.8 Å². The number of amides is 1. The summed E-state index contributed by atoms with van der Waals surface area (Å²) in [6.45, 7) is 2.90. The van der Waals surface area contributed by atoms with E-state index in [2.05, 4.69) is 15.0 Å². The quantitative estimate of drug-likeness (QED) is 0.661.